The van der Waals surface area contributed by atoms with Gasteiger partial charge in [-0.2, -0.15) is 18.3 Å². The third-order valence-corrected chi connectivity index (χ3v) is 9.65. The average Bonchev–Trinajstić information content (AvgIpc) is 3.25. The molecule has 0 bridgehead atoms. The van der Waals surface area contributed by atoms with Crippen molar-refractivity contribution in [3.8, 4) is 0 Å². The quantitative estimate of drug-likeness (QED) is 0.441. The van der Waals surface area contributed by atoms with Crippen LogP contribution in [0.2, 0.25) is 0 Å². The highest BCUT2D eigenvalue weighted by Crippen LogP contribution is 2.75. The molecule has 0 radical (unpaired) electrons. The van der Waals surface area contributed by atoms with E-state index < -0.39 is 28.9 Å². The molecule has 2 atom stereocenters. The lowest BCUT2D eigenvalue weighted by molar-refractivity contribution is -0.191. The summed E-state index contributed by atoms with van der Waals surface area (Å²) >= 11 is 0. The number of carbonyl (C=O) groups is 3. The average molecular weight is 598 g/mol. The van der Waals surface area contributed by atoms with Crippen molar-refractivity contribution in [1.29, 1.82) is 0 Å². The summed E-state index contributed by atoms with van der Waals surface area (Å²) in [4.78, 5) is 40.7. The molecule has 3 aromatic rings. The maximum atomic E-state index is 14.5. The molecular weight excluding hydrogens is 567 g/mol. The van der Waals surface area contributed by atoms with Crippen molar-refractivity contribution in [2.45, 2.75) is 37.9 Å². The molecule has 1 aromatic carbocycles. The van der Waals surface area contributed by atoms with Gasteiger partial charge < -0.3 is 15.5 Å². The van der Waals surface area contributed by atoms with Crippen molar-refractivity contribution < 1.29 is 27.6 Å². The number of alkyl halides is 3. The molecule has 2 aromatic heterocycles. The van der Waals surface area contributed by atoms with Crippen molar-refractivity contribution in [1.82, 2.24) is 30.2 Å². The van der Waals surface area contributed by atoms with E-state index in [1.54, 1.807) is 16.0 Å². The van der Waals surface area contributed by atoms with Gasteiger partial charge in [-0.25, -0.2) is 4.79 Å². The fraction of sp³-hybridized carbons (Fsp3) is 0.500. The van der Waals surface area contributed by atoms with E-state index in [1.165, 1.54) is 12.1 Å². The van der Waals surface area contributed by atoms with Crippen molar-refractivity contribution in [2.75, 3.05) is 49.1 Å². The summed E-state index contributed by atoms with van der Waals surface area (Å²) in [6.07, 6.45) is -0.886. The van der Waals surface area contributed by atoms with Crippen LogP contribution in [0.5, 0.6) is 0 Å². The molecular formula is C28H30F3N9O3. The number of nitrogens with zero attached hydrogens (tertiary/aromatic N) is 7. The predicted molar refractivity (Wildman–Crippen MR) is 148 cm³/mol. The number of hydrogen-bond acceptors (Lipinski definition) is 8. The molecule has 5 heterocycles. The highest BCUT2D eigenvalue weighted by Gasteiger charge is 2.83. The second kappa shape index (κ2) is 9.62. The molecule has 1 aliphatic carbocycles. The van der Waals surface area contributed by atoms with Gasteiger partial charge in [0.05, 0.1) is 28.9 Å². The highest BCUT2D eigenvalue weighted by molar-refractivity contribution is 6.09. The molecule has 0 unspecified atom stereocenters. The Kier molecular flexibility index (Phi) is 6.17. The molecule has 0 spiro atoms. The number of anilines is 2. The Balaban J connectivity index is 1.05. The number of carbonyl (C=O) groups excluding carboxylic acids is 3. The van der Waals surface area contributed by atoms with E-state index in [0.717, 1.165) is 23.7 Å². The van der Waals surface area contributed by atoms with Crippen LogP contribution in [0.25, 0.3) is 10.9 Å². The summed E-state index contributed by atoms with van der Waals surface area (Å²) in [5.41, 5.74) is 3.99. The molecule has 12 nitrogen and oxygen atoms in total. The number of nitrogens with two attached hydrogens (primary N) is 1. The van der Waals surface area contributed by atoms with Crippen molar-refractivity contribution in [3.05, 3.63) is 42.2 Å². The van der Waals surface area contributed by atoms with Crippen LogP contribution in [0.4, 0.5) is 29.5 Å². The van der Waals surface area contributed by atoms with E-state index in [1.807, 2.05) is 22.9 Å². The Bertz CT molecular complexity index is 1620. The van der Waals surface area contributed by atoms with Crippen LogP contribution in [0.3, 0.4) is 0 Å². The molecule has 4 amide bonds. The number of nitrogens with one attached hydrogen (secondary N) is 1. The second-order valence-corrected chi connectivity index (χ2v) is 12.1. The summed E-state index contributed by atoms with van der Waals surface area (Å²) in [5, 5.41) is 15.6. The topological polar surface area (TPSA) is 143 Å². The van der Waals surface area contributed by atoms with Gasteiger partial charge in [0.25, 0.3) is 5.91 Å². The third kappa shape index (κ3) is 4.39. The van der Waals surface area contributed by atoms with Gasteiger partial charge in [0, 0.05) is 56.5 Å². The minimum atomic E-state index is -4.36. The van der Waals surface area contributed by atoms with Gasteiger partial charge in [0.2, 0.25) is 5.91 Å². The molecule has 7 rings (SSSR count). The van der Waals surface area contributed by atoms with Crippen LogP contribution in [0, 0.1) is 10.8 Å². The largest absolute Gasteiger partial charge is 0.396 e. The van der Waals surface area contributed by atoms with Gasteiger partial charge in [0.15, 0.2) is 11.5 Å². The second-order valence-electron chi connectivity index (χ2n) is 12.1. The Morgan fingerprint density at radius 1 is 1.07 bits per heavy atom. The molecule has 4 aliphatic rings. The first-order chi connectivity index (χ1) is 20.5. The van der Waals surface area contributed by atoms with Gasteiger partial charge in [-0.1, -0.05) is 6.07 Å². The first-order valence-electron chi connectivity index (χ1n) is 14.3. The maximum absolute atomic E-state index is 14.5. The number of piperidine rings is 2. The lowest BCUT2D eigenvalue weighted by Crippen LogP contribution is -2.49. The fourth-order valence-electron chi connectivity index (χ4n) is 7.37. The standard InChI is InChI=1S/C28H30F3N9O3/c29-28(30,31)27-13-26(27,15-38(16-27)22-5-4-19(24(32)42)35-36-22)14-37-9-6-17(7-10-37)40-21-3-1-2-20(18(21)12-33-40)39-11-8-23(41)34-25(39)43/h1-5,12,17H,6-11,13-16H2,(H2,32,42)(H,34,41,43)/t26-,27+/m1/s1. The van der Waals surface area contributed by atoms with Crippen molar-refractivity contribution in [3.63, 3.8) is 0 Å². The van der Waals surface area contributed by atoms with E-state index in [4.69, 9.17) is 5.73 Å². The number of imide groups is 1. The lowest BCUT2D eigenvalue weighted by atomic mass is 9.93. The number of aromatic nitrogens is 4. The molecule has 226 valence electrons. The lowest BCUT2D eigenvalue weighted by Gasteiger charge is -2.35. The zero-order chi connectivity index (χ0) is 30.1. The van der Waals surface area contributed by atoms with Gasteiger partial charge >= 0.3 is 12.2 Å². The first-order valence-corrected chi connectivity index (χ1v) is 14.3. The SMILES string of the molecule is NC(=O)c1ccc(N2C[C@]3(CN4CCC(n5ncc6c(N7CCC(=O)NC7=O)cccc65)CC4)C[C@]3(C(F)(F)F)C2)nn1. The minimum Gasteiger partial charge on any atom is -0.364 e. The fourth-order valence-corrected chi connectivity index (χ4v) is 7.37. The number of likely N-dealkylation sites (tertiary alicyclic amines) is 1. The zero-order valence-corrected chi connectivity index (χ0v) is 23.2. The summed E-state index contributed by atoms with van der Waals surface area (Å²) in [6, 6.07) is 8.11. The van der Waals surface area contributed by atoms with Gasteiger partial charge in [0.1, 0.15) is 0 Å². The van der Waals surface area contributed by atoms with Crippen LogP contribution < -0.4 is 20.9 Å². The molecule has 43 heavy (non-hydrogen) atoms. The maximum Gasteiger partial charge on any atom is 0.396 e. The van der Waals surface area contributed by atoms with Gasteiger partial charge in [-0.15, -0.1) is 10.2 Å². The smallest absolute Gasteiger partial charge is 0.364 e. The number of fused-ring (bicyclic) bond motifs is 2. The highest BCUT2D eigenvalue weighted by atomic mass is 19.4. The number of halogens is 3. The number of urea groups is 1. The Morgan fingerprint density at radius 2 is 1.86 bits per heavy atom. The van der Waals surface area contributed by atoms with E-state index in [9.17, 15) is 27.6 Å². The van der Waals surface area contributed by atoms with Crippen LogP contribution in [-0.4, -0.2) is 88.2 Å². The van der Waals surface area contributed by atoms with Crippen LogP contribution in [0.15, 0.2) is 36.5 Å². The van der Waals surface area contributed by atoms with Crippen molar-refractivity contribution in [2.24, 2.45) is 16.6 Å². The van der Waals surface area contributed by atoms with Crippen LogP contribution in [-0.2, 0) is 4.79 Å². The Labute approximate surface area is 244 Å². The number of amides is 4. The van der Waals surface area contributed by atoms with Gasteiger partial charge in [-0.05, 0) is 43.5 Å². The van der Waals surface area contributed by atoms with E-state index in [0.29, 0.717) is 31.1 Å². The van der Waals surface area contributed by atoms with E-state index in [-0.39, 0.29) is 50.1 Å². The molecule has 4 fully saturated rings. The monoisotopic (exact) mass is 597 g/mol. The summed E-state index contributed by atoms with van der Waals surface area (Å²) in [7, 11) is 0. The first kappa shape index (κ1) is 27.6. The number of hydrogen-bond donors (Lipinski definition) is 2. The van der Waals surface area contributed by atoms with E-state index in [2.05, 4.69) is 25.5 Å². The van der Waals surface area contributed by atoms with E-state index >= 15 is 0 Å². The molecule has 3 saturated heterocycles. The zero-order valence-electron chi connectivity index (χ0n) is 23.2. The molecule has 1 saturated carbocycles. The summed E-state index contributed by atoms with van der Waals surface area (Å²) in [6.45, 7) is 1.89. The summed E-state index contributed by atoms with van der Waals surface area (Å²) < 4.78 is 45.3. The molecule has 15 heteroatoms. The number of benzene rings is 1. The molecule has 3 N–H and O–H groups in total. The minimum absolute atomic E-state index is 0.0362. The summed E-state index contributed by atoms with van der Waals surface area (Å²) in [5.74, 6) is -0.741. The predicted octanol–water partition coefficient (Wildman–Crippen LogP) is 2.47. The Morgan fingerprint density at radius 3 is 2.53 bits per heavy atom. The van der Waals surface area contributed by atoms with Gasteiger partial charge in [-0.3, -0.25) is 24.5 Å². The number of rotatable bonds is 6. The normalized spacial score (nSPS) is 26.6. The number of primary amides is 1. The Hall–Kier alpha value is -4.27. The van der Waals surface area contributed by atoms with Crippen LogP contribution >= 0.6 is 0 Å². The van der Waals surface area contributed by atoms with Crippen LogP contribution in [0.1, 0.15) is 42.2 Å². The van der Waals surface area contributed by atoms with Crippen molar-refractivity contribution >= 4 is 40.3 Å². The third-order valence-electron chi connectivity index (χ3n) is 9.65. The molecule has 3 aliphatic heterocycles.